The number of carbonyl (C=O) groups excluding carboxylic acids is 1. The zero-order valence-corrected chi connectivity index (χ0v) is 21.7. The lowest BCUT2D eigenvalue weighted by atomic mass is 10.2. The van der Waals surface area contributed by atoms with Crippen molar-refractivity contribution in [2.45, 2.75) is 11.8 Å². The van der Waals surface area contributed by atoms with Crippen LogP contribution in [0.1, 0.15) is 17.3 Å². The van der Waals surface area contributed by atoms with Gasteiger partial charge >= 0.3 is 0 Å². The van der Waals surface area contributed by atoms with E-state index in [1.54, 1.807) is 37.4 Å². The molecule has 1 saturated heterocycles. The largest absolute Gasteiger partial charge is 0.495 e. The number of ether oxygens (including phenoxy) is 2. The zero-order chi connectivity index (χ0) is 25.7. The van der Waals surface area contributed by atoms with Gasteiger partial charge in [-0.1, -0.05) is 29.8 Å². The Hall–Kier alpha value is -3.27. The Balaban J connectivity index is 1.54. The molecule has 36 heavy (non-hydrogen) atoms. The maximum absolute atomic E-state index is 13.5. The average molecular weight is 530 g/mol. The Bertz CT molecular complexity index is 1340. The van der Waals surface area contributed by atoms with Crippen LogP contribution in [-0.2, 0) is 10.0 Å². The Labute approximate surface area is 216 Å². The molecule has 3 aromatic rings. The molecule has 1 aliphatic heterocycles. The van der Waals surface area contributed by atoms with Gasteiger partial charge in [-0.15, -0.1) is 0 Å². The molecule has 0 saturated carbocycles. The van der Waals surface area contributed by atoms with Gasteiger partial charge in [0, 0.05) is 36.8 Å². The second-order valence-corrected chi connectivity index (χ2v) is 10.5. The molecule has 3 aromatic carbocycles. The zero-order valence-electron chi connectivity index (χ0n) is 20.1. The second kappa shape index (κ2) is 11.2. The topological polar surface area (TPSA) is 88.2 Å². The summed E-state index contributed by atoms with van der Waals surface area (Å²) in [5.74, 6) is 0.714. The van der Waals surface area contributed by atoms with E-state index in [-0.39, 0.29) is 10.6 Å². The van der Waals surface area contributed by atoms with Crippen molar-refractivity contribution in [3.8, 4) is 11.5 Å². The summed E-state index contributed by atoms with van der Waals surface area (Å²) < 4.78 is 39.5. The minimum Gasteiger partial charge on any atom is -0.495 e. The van der Waals surface area contributed by atoms with Gasteiger partial charge in [0.05, 0.1) is 30.0 Å². The lowest BCUT2D eigenvalue weighted by Crippen LogP contribution is -2.48. The van der Waals surface area contributed by atoms with Crippen molar-refractivity contribution >= 4 is 38.9 Å². The van der Waals surface area contributed by atoms with Crippen molar-refractivity contribution in [3.63, 3.8) is 0 Å². The van der Waals surface area contributed by atoms with Gasteiger partial charge in [-0.3, -0.25) is 4.79 Å². The van der Waals surface area contributed by atoms with E-state index < -0.39 is 15.9 Å². The molecule has 1 heterocycles. The standard InChI is InChI=1S/C26H28ClN3O5S/c1-3-35-24-12-11-21(18-22(24)28-26(31)19-7-6-8-20(27)17-19)36(32,33)30-15-13-29(14-16-30)23-9-4-5-10-25(23)34-2/h4-12,17-18H,3,13-16H2,1-2H3,(H,28,31). The normalized spacial score (nSPS) is 14.4. The molecular formula is C26H28ClN3O5S. The van der Waals surface area contributed by atoms with Gasteiger partial charge in [0.2, 0.25) is 10.0 Å². The Morgan fingerprint density at radius 1 is 0.972 bits per heavy atom. The number of hydrogen-bond acceptors (Lipinski definition) is 6. The number of carbonyl (C=O) groups is 1. The highest BCUT2D eigenvalue weighted by molar-refractivity contribution is 7.89. The van der Waals surface area contributed by atoms with Crippen molar-refractivity contribution in [3.05, 3.63) is 77.3 Å². The highest BCUT2D eigenvalue weighted by atomic mass is 35.5. The van der Waals surface area contributed by atoms with Crippen LogP contribution < -0.4 is 19.7 Å². The first-order valence-electron chi connectivity index (χ1n) is 11.6. The minimum absolute atomic E-state index is 0.0816. The SMILES string of the molecule is CCOc1ccc(S(=O)(=O)N2CCN(c3ccccc3OC)CC2)cc1NC(=O)c1cccc(Cl)c1. The molecule has 190 valence electrons. The van der Waals surface area contributed by atoms with Crippen LogP contribution >= 0.6 is 11.6 Å². The van der Waals surface area contributed by atoms with Gasteiger partial charge in [0.25, 0.3) is 5.91 Å². The molecule has 4 rings (SSSR count). The molecule has 0 unspecified atom stereocenters. The van der Waals surface area contributed by atoms with E-state index in [1.807, 2.05) is 31.2 Å². The fourth-order valence-corrected chi connectivity index (χ4v) is 5.72. The van der Waals surface area contributed by atoms with Gasteiger partial charge in [-0.05, 0) is 55.5 Å². The summed E-state index contributed by atoms with van der Waals surface area (Å²) in [6.45, 7) is 3.85. The highest BCUT2D eigenvalue weighted by Gasteiger charge is 2.30. The number of nitrogens with one attached hydrogen (secondary N) is 1. The molecule has 1 fully saturated rings. The minimum atomic E-state index is -3.80. The van der Waals surface area contributed by atoms with Gasteiger partial charge < -0.3 is 19.7 Å². The molecule has 1 aliphatic rings. The molecule has 0 spiro atoms. The van der Waals surface area contributed by atoms with E-state index >= 15 is 0 Å². The van der Waals surface area contributed by atoms with Gasteiger partial charge in [0.15, 0.2) is 0 Å². The molecule has 1 amide bonds. The molecule has 8 nitrogen and oxygen atoms in total. The third-order valence-corrected chi connectivity index (χ3v) is 8.02. The molecule has 0 atom stereocenters. The maximum atomic E-state index is 13.5. The van der Waals surface area contributed by atoms with Crippen LogP contribution in [-0.4, -0.2) is 58.5 Å². The lowest BCUT2D eigenvalue weighted by Gasteiger charge is -2.36. The van der Waals surface area contributed by atoms with Crippen molar-refractivity contribution in [1.29, 1.82) is 0 Å². The molecule has 10 heteroatoms. The number of methoxy groups -OCH3 is 1. The van der Waals surface area contributed by atoms with E-state index in [1.165, 1.54) is 16.4 Å². The summed E-state index contributed by atoms with van der Waals surface area (Å²) >= 11 is 6.01. The third-order valence-electron chi connectivity index (χ3n) is 5.89. The molecule has 0 aromatic heterocycles. The number of rotatable bonds is 8. The van der Waals surface area contributed by atoms with Crippen LogP contribution in [0.5, 0.6) is 11.5 Å². The van der Waals surface area contributed by atoms with Crippen molar-refractivity contribution in [1.82, 2.24) is 4.31 Å². The summed E-state index contributed by atoms with van der Waals surface area (Å²) in [7, 11) is -2.18. The number of hydrogen-bond donors (Lipinski definition) is 1. The van der Waals surface area contributed by atoms with Crippen LogP contribution in [0, 0.1) is 0 Å². The van der Waals surface area contributed by atoms with E-state index in [4.69, 9.17) is 21.1 Å². The van der Waals surface area contributed by atoms with Crippen molar-refractivity contribution in [2.75, 3.05) is 50.1 Å². The molecule has 0 radical (unpaired) electrons. The summed E-state index contributed by atoms with van der Waals surface area (Å²) in [4.78, 5) is 15.0. The van der Waals surface area contributed by atoms with Gasteiger partial charge in [-0.25, -0.2) is 8.42 Å². The van der Waals surface area contributed by atoms with Crippen LogP contribution in [0.4, 0.5) is 11.4 Å². The Morgan fingerprint density at radius 2 is 1.72 bits per heavy atom. The first-order valence-corrected chi connectivity index (χ1v) is 13.4. The second-order valence-electron chi connectivity index (χ2n) is 8.12. The fraction of sp³-hybridized carbons (Fsp3) is 0.269. The Kier molecular flexibility index (Phi) is 8.03. The average Bonchev–Trinajstić information content (AvgIpc) is 2.89. The molecular weight excluding hydrogens is 502 g/mol. The number of sulfonamides is 1. The van der Waals surface area contributed by atoms with Gasteiger partial charge in [-0.2, -0.15) is 4.31 Å². The highest BCUT2D eigenvalue weighted by Crippen LogP contribution is 2.32. The van der Waals surface area contributed by atoms with Crippen molar-refractivity contribution in [2.24, 2.45) is 0 Å². The summed E-state index contributed by atoms with van der Waals surface area (Å²) in [5.41, 5.74) is 1.56. The predicted molar refractivity (Wildman–Crippen MR) is 141 cm³/mol. The van der Waals surface area contributed by atoms with Crippen LogP contribution in [0.2, 0.25) is 5.02 Å². The van der Waals surface area contributed by atoms with E-state index in [9.17, 15) is 13.2 Å². The molecule has 0 aliphatic carbocycles. The van der Waals surface area contributed by atoms with E-state index in [0.717, 1.165) is 11.4 Å². The molecule has 1 N–H and O–H groups in total. The number of para-hydroxylation sites is 2. The summed E-state index contributed by atoms with van der Waals surface area (Å²) in [6, 6.07) is 18.7. The number of halogens is 1. The predicted octanol–water partition coefficient (Wildman–Crippen LogP) is 4.51. The van der Waals surface area contributed by atoms with Crippen LogP contribution in [0.3, 0.4) is 0 Å². The number of nitrogens with zero attached hydrogens (tertiary/aromatic N) is 2. The monoisotopic (exact) mass is 529 g/mol. The Morgan fingerprint density at radius 3 is 2.42 bits per heavy atom. The third kappa shape index (κ3) is 5.59. The summed E-state index contributed by atoms with van der Waals surface area (Å²) in [6.07, 6.45) is 0. The number of benzene rings is 3. The fourth-order valence-electron chi connectivity index (χ4n) is 4.08. The van der Waals surface area contributed by atoms with Crippen LogP contribution in [0.15, 0.2) is 71.6 Å². The number of amides is 1. The quantitative estimate of drug-likeness (QED) is 0.462. The molecule has 0 bridgehead atoms. The first-order chi connectivity index (χ1) is 17.3. The van der Waals surface area contributed by atoms with Crippen molar-refractivity contribution < 1.29 is 22.7 Å². The number of piperazine rings is 1. The number of anilines is 2. The van der Waals surface area contributed by atoms with Gasteiger partial charge in [0.1, 0.15) is 11.5 Å². The first kappa shape index (κ1) is 25.8. The maximum Gasteiger partial charge on any atom is 0.255 e. The van der Waals surface area contributed by atoms with E-state index in [0.29, 0.717) is 49.1 Å². The summed E-state index contributed by atoms with van der Waals surface area (Å²) in [5, 5.41) is 3.19. The smallest absolute Gasteiger partial charge is 0.255 e. The lowest BCUT2D eigenvalue weighted by molar-refractivity contribution is 0.102. The van der Waals surface area contributed by atoms with Crippen LogP contribution in [0.25, 0.3) is 0 Å². The van der Waals surface area contributed by atoms with E-state index in [2.05, 4.69) is 10.2 Å².